The van der Waals surface area contributed by atoms with Crippen molar-refractivity contribution in [2.45, 2.75) is 31.6 Å². The van der Waals surface area contributed by atoms with Crippen molar-refractivity contribution >= 4 is 29.2 Å². The molecule has 9 nitrogen and oxygen atoms in total. The average molecular weight is 581 g/mol. The molecule has 1 heterocycles. The molecule has 2 atom stereocenters. The van der Waals surface area contributed by atoms with Crippen molar-refractivity contribution in [2.24, 2.45) is 5.73 Å². The third-order valence-corrected chi connectivity index (χ3v) is 7.04. The number of hydrogen-bond donors (Lipinski definition) is 3. The highest BCUT2D eigenvalue weighted by atomic mass is 19.1. The van der Waals surface area contributed by atoms with Gasteiger partial charge in [-0.2, -0.15) is 0 Å². The van der Waals surface area contributed by atoms with E-state index in [0.717, 1.165) is 11.1 Å². The maximum absolute atomic E-state index is 14.6. The molecule has 11 heteroatoms. The van der Waals surface area contributed by atoms with E-state index in [1.54, 1.807) is 60.7 Å². The Hall–Kier alpha value is -4.35. The Morgan fingerprint density at radius 3 is 2.05 bits per heavy atom. The van der Waals surface area contributed by atoms with Crippen LogP contribution in [0.2, 0.25) is 0 Å². The van der Waals surface area contributed by atoms with Crippen molar-refractivity contribution in [3.8, 4) is 0 Å². The van der Waals surface area contributed by atoms with Gasteiger partial charge in [0, 0.05) is 11.3 Å². The van der Waals surface area contributed by atoms with Gasteiger partial charge in [-0.05, 0) is 37.6 Å². The number of fused-ring (bicyclic) bond motifs is 1. The number of carbonyl (C=O) groups is 3. The first-order valence-electron chi connectivity index (χ1n) is 13.5. The normalized spacial score (nSPS) is 16.8. The number of hydrogen-bond acceptors (Lipinski definition) is 5. The summed E-state index contributed by atoms with van der Waals surface area (Å²) in [5.74, 6) is -2.87. The molecule has 4 amide bonds. The lowest BCUT2D eigenvalue weighted by atomic mass is 9.74. The molecular formula is C31H34F2N4O5. The van der Waals surface area contributed by atoms with Gasteiger partial charge in [-0.1, -0.05) is 65.7 Å². The van der Waals surface area contributed by atoms with Gasteiger partial charge >= 0.3 is 6.03 Å². The van der Waals surface area contributed by atoms with Crippen LogP contribution in [0, 0.1) is 13.8 Å². The maximum Gasteiger partial charge on any atom is 0.320 e. The van der Waals surface area contributed by atoms with Gasteiger partial charge in [0.25, 0.3) is 5.91 Å². The zero-order chi connectivity index (χ0) is 30.3. The van der Waals surface area contributed by atoms with Crippen molar-refractivity contribution < 1.29 is 32.6 Å². The highest BCUT2D eigenvalue weighted by Gasteiger charge is 2.59. The van der Waals surface area contributed by atoms with E-state index in [2.05, 4.69) is 10.6 Å². The van der Waals surface area contributed by atoms with Gasteiger partial charge in [0.2, 0.25) is 5.91 Å². The number of ether oxygens (including phenoxy) is 2. The van der Waals surface area contributed by atoms with Crippen LogP contribution in [0.5, 0.6) is 0 Å². The minimum absolute atomic E-state index is 0.266. The van der Waals surface area contributed by atoms with Gasteiger partial charge in [0.15, 0.2) is 11.8 Å². The lowest BCUT2D eigenvalue weighted by Gasteiger charge is -2.36. The molecule has 0 fully saturated rings. The average Bonchev–Trinajstić information content (AvgIpc) is 3.19. The minimum atomic E-state index is -1.99. The zero-order valence-electron chi connectivity index (χ0n) is 23.4. The summed E-state index contributed by atoms with van der Waals surface area (Å²) in [5, 5.41) is 5.53. The Bertz CT molecular complexity index is 1400. The molecule has 0 saturated heterocycles. The fourth-order valence-electron chi connectivity index (χ4n) is 5.15. The number of anilines is 2. The van der Waals surface area contributed by atoms with E-state index in [-0.39, 0.29) is 19.8 Å². The summed E-state index contributed by atoms with van der Waals surface area (Å²) in [6, 6.07) is 19.9. The number of aryl methyl sites for hydroxylation is 2. The van der Waals surface area contributed by atoms with Gasteiger partial charge in [-0.3, -0.25) is 9.59 Å². The molecule has 222 valence electrons. The Morgan fingerprint density at radius 1 is 0.905 bits per heavy atom. The highest BCUT2D eigenvalue weighted by Crippen LogP contribution is 2.48. The number of carbonyl (C=O) groups excluding carboxylic acids is 3. The van der Waals surface area contributed by atoms with Crippen LogP contribution >= 0.6 is 0 Å². The van der Waals surface area contributed by atoms with Crippen LogP contribution in [-0.4, -0.2) is 57.2 Å². The van der Waals surface area contributed by atoms with Crippen LogP contribution in [0.3, 0.4) is 0 Å². The van der Waals surface area contributed by atoms with E-state index >= 15 is 0 Å². The van der Waals surface area contributed by atoms with Crippen molar-refractivity contribution in [3.63, 3.8) is 0 Å². The molecule has 3 aromatic rings. The Kier molecular flexibility index (Phi) is 9.87. The summed E-state index contributed by atoms with van der Waals surface area (Å²) < 4.78 is 36.7. The van der Waals surface area contributed by atoms with Crippen LogP contribution in [0.4, 0.5) is 25.0 Å². The monoisotopic (exact) mass is 580 g/mol. The number of halogens is 2. The standard InChI is InChI=1S/C31H34F2N4O5/c1-20-7-11-22(12-8-20)27(28(34)38)31(36-30(40)35-23-13-9-21(2)10-14-23)24-5-3-4-6-25(24)37(29(31)39)19-26(41-17-15-32)42-18-16-33/h3-14,26-27H,15-19H2,1-2H3,(H2,34,38)(H2,35,36,40)/t27?,31-/m0/s1. The Labute approximate surface area is 243 Å². The van der Waals surface area contributed by atoms with E-state index < -0.39 is 48.9 Å². The van der Waals surface area contributed by atoms with E-state index in [4.69, 9.17) is 15.2 Å². The number of benzene rings is 3. The number of primary amides is 1. The van der Waals surface area contributed by atoms with Crippen molar-refractivity contribution in [1.29, 1.82) is 0 Å². The first-order valence-corrected chi connectivity index (χ1v) is 13.5. The topological polar surface area (TPSA) is 123 Å². The third-order valence-electron chi connectivity index (χ3n) is 7.04. The fraction of sp³-hybridized carbons (Fsp3) is 0.323. The van der Waals surface area contributed by atoms with Gasteiger partial charge in [0.1, 0.15) is 13.3 Å². The van der Waals surface area contributed by atoms with Gasteiger partial charge in [-0.15, -0.1) is 0 Å². The quantitative estimate of drug-likeness (QED) is 0.261. The molecule has 3 aromatic carbocycles. The number of urea groups is 1. The molecule has 1 unspecified atom stereocenters. The van der Waals surface area contributed by atoms with E-state index in [0.29, 0.717) is 22.5 Å². The number of nitrogens with two attached hydrogens (primary N) is 1. The number of nitrogens with one attached hydrogen (secondary N) is 2. The van der Waals surface area contributed by atoms with E-state index in [9.17, 15) is 23.2 Å². The summed E-state index contributed by atoms with van der Waals surface area (Å²) in [5.41, 5.74) is 7.46. The third kappa shape index (κ3) is 6.42. The molecule has 1 aliphatic heterocycles. The molecule has 42 heavy (non-hydrogen) atoms. The SMILES string of the molecule is Cc1ccc(NC(=O)N[C@@]2(C(C(N)=O)c3ccc(C)cc3)C(=O)N(CC(OCCF)OCCF)c3ccccc32)cc1. The molecule has 0 saturated carbocycles. The predicted octanol–water partition coefficient (Wildman–Crippen LogP) is 4.23. The molecule has 0 aromatic heterocycles. The van der Waals surface area contributed by atoms with Crippen molar-refractivity contribution in [3.05, 3.63) is 95.1 Å². The van der Waals surface area contributed by atoms with Crippen molar-refractivity contribution in [2.75, 3.05) is 43.3 Å². The molecular weight excluding hydrogens is 546 g/mol. The number of para-hydroxylation sites is 1. The number of rotatable bonds is 13. The van der Waals surface area contributed by atoms with Crippen LogP contribution in [0.25, 0.3) is 0 Å². The second-order valence-corrected chi connectivity index (χ2v) is 9.98. The minimum Gasteiger partial charge on any atom is -0.369 e. The molecule has 0 bridgehead atoms. The number of nitrogens with zero attached hydrogens (tertiary/aromatic N) is 1. The molecule has 4 rings (SSSR count). The maximum atomic E-state index is 14.6. The summed E-state index contributed by atoms with van der Waals surface area (Å²) >= 11 is 0. The molecule has 1 aliphatic rings. The summed E-state index contributed by atoms with van der Waals surface area (Å²) in [7, 11) is 0. The first kappa shape index (κ1) is 30.6. The summed E-state index contributed by atoms with van der Waals surface area (Å²) in [6.07, 6.45) is -1.18. The molecule has 4 N–H and O–H groups in total. The van der Waals surface area contributed by atoms with Crippen LogP contribution in [0.1, 0.15) is 28.2 Å². The zero-order valence-corrected chi connectivity index (χ0v) is 23.4. The van der Waals surface area contributed by atoms with Crippen LogP contribution in [0.15, 0.2) is 72.8 Å². The summed E-state index contributed by atoms with van der Waals surface area (Å²) in [6.45, 7) is 1.20. The molecule has 0 radical (unpaired) electrons. The van der Waals surface area contributed by atoms with E-state index in [1.807, 2.05) is 26.0 Å². The number of amides is 4. The van der Waals surface area contributed by atoms with Gasteiger partial charge in [-0.25, -0.2) is 13.6 Å². The van der Waals surface area contributed by atoms with Crippen LogP contribution < -0.4 is 21.3 Å². The Morgan fingerprint density at radius 2 is 1.48 bits per heavy atom. The number of alkyl halides is 2. The second-order valence-electron chi connectivity index (χ2n) is 9.98. The lowest BCUT2D eigenvalue weighted by Crippen LogP contribution is -2.60. The van der Waals surface area contributed by atoms with E-state index in [1.165, 1.54) is 4.90 Å². The molecule has 0 aliphatic carbocycles. The van der Waals surface area contributed by atoms with Gasteiger partial charge < -0.3 is 30.7 Å². The largest absolute Gasteiger partial charge is 0.369 e. The smallest absolute Gasteiger partial charge is 0.320 e. The first-order chi connectivity index (χ1) is 20.2. The second kappa shape index (κ2) is 13.5. The summed E-state index contributed by atoms with van der Waals surface area (Å²) in [4.78, 5) is 42.7. The van der Waals surface area contributed by atoms with Crippen LogP contribution in [-0.2, 0) is 24.6 Å². The molecule has 0 spiro atoms. The fourth-order valence-corrected chi connectivity index (χ4v) is 5.15. The van der Waals surface area contributed by atoms with Crippen molar-refractivity contribution in [1.82, 2.24) is 5.32 Å². The highest BCUT2D eigenvalue weighted by molar-refractivity contribution is 6.13. The lowest BCUT2D eigenvalue weighted by molar-refractivity contribution is -0.145. The predicted molar refractivity (Wildman–Crippen MR) is 155 cm³/mol. The Balaban J connectivity index is 1.83. The van der Waals surface area contributed by atoms with Gasteiger partial charge in [0.05, 0.1) is 31.4 Å².